The second-order valence-electron chi connectivity index (χ2n) is 4.14. The maximum Gasteiger partial charge on any atom is 0.157 e. The molecule has 0 aromatic heterocycles. The Morgan fingerprint density at radius 1 is 1.50 bits per heavy atom. The average Bonchev–Trinajstić information content (AvgIpc) is 2.50. The first kappa shape index (κ1) is 11.2. The number of carbonyl (C=O) groups excluding carboxylic acids is 1. The smallest absolute Gasteiger partial charge is 0.157 e. The molecule has 2 N–H and O–H groups in total. The molecule has 0 radical (unpaired) electrons. The number of aliphatic hydroxyl groups excluding tert-OH is 1. The maximum absolute atomic E-state index is 11.0. The van der Waals surface area contributed by atoms with Gasteiger partial charge in [0.25, 0.3) is 0 Å². The first-order valence-electron chi connectivity index (χ1n) is 5.24. The lowest BCUT2D eigenvalue weighted by Crippen LogP contribution is -2.33. The molecule has 3 nitrogen and oxygen atoms in total. The Morgan fingerprint density at radius 2 is 2.21 bits per heavy atom. The summed E-state index contributed by atoms with van der Waals surface area (Å²) in [6.07, 6.45) is 3.88. The van der Waals surface area contributed by atoms with Gasteiger partial charge >= 0.3 is 0 Å². The molecule has 1 unspecified atom stereocenters. The Hall–Kier alpha value is -0.830. The van der Waals surface area contributed by atoms with Gasteiger partial charge in [-0.1, -0.05) is 13.8 Å². The second kappa shape index (κ2) is 5.15. The van der Waals surface area contributed by atoms with Gasteiger partial charge < -0.3 is 10.4 Å². The molecule has 0 fully saturated rings. The molecule has 1 rings (SSSR count). The van der Waals surface area contributed by atoms with Crippen LogP contribution in [0.25, 0.3) is 0 Å². The van der Waals surface area contributed by atoms with E-state index in [1.54, 1.807) is 6.08 Å². The number of nitrogens with one attached hydrogen (secondary N) is 1. The van der Waals surface area contributed by atoms with Gasteiger partial charge in [-0.15, -0.1) is 0 Å². The van der Waals surface area contributed by atoms with Gasteiger partial charge in [0, 0.05) is 30.8 Å². The zero-order valence-electron chi connectivity index (χ0n) is 8.92. The van der Waals surface area contributed by atoms with Crippen LogP contribution in [0.4, 0.5) is 0 Å². The fourth-order valence-electron chi connectivity index (χ4n) is 1.66. The number of aliphatic hydroxyl groups is 1. The molecule has 0 aromatic carbocycles. The minimum atomic E-state index is 0.192. The van der Waals surface area contributed by atoms with Crippen LogP contribution in [0.15, 0.2) is 11.8 Å². The lowest BCUT2D eigenvalue weighted by atomic mass is 10.0. The Kier molecular flexibility index (Phi) is 4.14. The van der Waals surface area contributed by atoms with E-state index in [-0.39, 0.29) is 18.4 Å². The number of ketones is 1. The zero-order valence-corrected chi connectivity index (χ0v) is 8.92. The lowest BCUT2D eigenvalue weighted by molar-refractivity contribution is -0.114. The second-order valence-corrected chi connectivity index (χ2v) is 4.14. The summed E-state index contributed by atoms with van der Waals surface area (Å²) in [4.78, 5) is 11.0. The van der Waals surface area contributed by atoms with Crippen molar-refractivity contribution in [1.29, 1.82) is 0 Å². The molecular weight excluding hydrogens is 178 g/mol. The van der Waals surface area contributed by atoms with E-state index in [0.29, 0.717) is 12.3 Å². The molecule has 14 heavy (non-hydrogen) atoms. The molecule has 0 saturated heterocycles. The standard InChI is InChI=1S/C11H19NO2/c1-8(2)11(5-6-13)12-9-3-4-10(14)7-9/h7-8,11-13H,3-6H2,1-2H3. The maximum atomic E-state index is 11.0. The molecule has 0 aliphatic heterocycles. The minimum absolute atomic E-state index is 0.192. The summed E-state index contributed by atoms with van der Waals surface area (Å²) >= 11 is 0. The van der Waals surface area contributed by atoms with Crippen LogP contribution in [0.3, 0.4) is 0 Å². The molecule has 0 saturated carbocycles. The van der Waals surface area contributed by atoms with Crippen molar-refractivity contribution in [2.24, 2.45) is 5.92 Å². The molecule has 0 amide bonds. The summed E-state index contributed by atoms with van der Waals surface area (Å²) in [5, 5.41) is 12.2. The van der Waals surface area contributed by atoms with Crippen molar-refractivity contribution in [3.63, 3.8) is 0 Å². The summed E-state index contributed by atoms with van der Waals surface area (Å²) in [5.74, 6) is 0.678. The van der Waals surface area contributed by atoms with Crippen LogP contribution in [0.5, 0.6) is 0 Å². The van der Waals surface area contributed by atoms with Crippen LogP contribution in [-0.2, 0) is 4.79 Å². The highest BCUT2D eigenvalue weighted by Gasteiger charge is 2.17. The monoisotopic (exact) mass is 197 g/mol. The van der Waals surface area contributed by atoms with Crippen molar-refractivity contribution < 1.29 is 9.90 Å². The largest absolute Gasteiger partial charge is 0.396 e. The molecule has 0 aromatic rings. The predicted octanol–water partition coefficient (Wildman–Crippen LogP) is 1.23. The van der Waals surface area contributed by atoms with Crippen molar-refractivity contribution in [1.82, 2.24) is 5.32 Å². The van der Waals surface area contributed by atoms with E-state index in [1.165, 1.54) is 0 Å². The fraction of sp³-hybridized carbons (Fsp3) is 0.727. The Morgan fingerprint density at radius 3 is 2.64 bits per heavy atom. The van der Waals surface area contributed by atoms with Gasteiger partial charge in [-0.2, -0.15) is 0 Å². The highest BCUT2D eigenvalue weighted by atomic mass is 16.3. The molecule has 0 spiro atoms. The van der Waals surface area contributed by atoms with Gasteiger partial charge in [-0.05, 0) is 18.8 Å². The van der Waals surface area contributed by atoms with Crippen LogP contribution >= 0.6 is 0 Å². The Balaban J connectivity index is 2.47. The van der Waals surface area contributed by atoms with E-state index in [0.717, 1.165) is 18.5 Å². The van der Waals surface area contributed by atoms with Crippen molar-refractivity contribution in [2.75, 3.05) is 6.61 Å². The van der Waals surface area contributed by atoms with Gasteiger partial charge in [-0.3, -0.25) is 4.79 Å². The van der Waals surface area contributed by atoms with E-state index < -0.39 is 0 Å². The van der Waals surface area contributed by atoms with Gasteiger partial charge in [0.05, 0.1) is 0 Å². The molecule has 80 valence electrons. The third-order valence-electron chi connectivity index (χ3n) is 2.59. The summed E-state index contributed by atoms with van der Waals surface area (Å²) < 4.78 is 0. The minimum Gasteiger partial charge on any atom is -0.396 e. The normalized spacial score (nSPS) is 18.6. The SMILES string of the molecule is CC(C)C(CCO)NC1=CC(=O)CC1. The van der Waals surface area contributed by atoms with Crippen molar-refractivity contribution in [2.45, 2.75) is 39.2 Å². The fourth-order valence-corrected chi connectivity index (χ4v) is 1.66. The van der Waals surface area contributed by atoms with Gasteiger partial charge in [-0.25, -0.2) is 0 Å². The van der Waals surface area contributed by atoms with Gasteiger partial charge in [0.2, 0.25) is 0 Å². The summed E-state index contributed by atoms with van der Waals surface area (Å²) in [6, 6.07) is 0.275. The van der Waals surface area contributed by atoms with Crippen LogP contribution in [0, 0.1) is 5.92 Å². The highest BCUT2D eigenvalue weighted by Crippen LogP contribution is 2.15. The average molecular weight is 197 g/mol. The van der Waals surface area contributed by atoms with E-state index in [9.17, 15) is 4.79 Å². The van der Waals surface area contributed by atoms with Gasteiger partial charge in [0.1, 0.15) is 0 Å². The summed E-state index contributed by atoms with van der Waals surface area (Å²) in [7, 11) is 0. The van der Waals surface area contributed by atoms with E-state index >= 15 is 0 Å². The molecule has 0 heterocycles. The highest BCUT2D eigenvalue weighted by molar-refractivity contribution is 5.92. The van der Waals surface area contributed by atoms with Crippen molar-refractivity contribution >= 4 is 5.78 Å². The van der Waals surface area contributed by atoms with E-state index in [1.807, 2.05) is 0 Å². The third kappa shape index (κ3) is 3.14. The van der Waals surface area contributed by atoms with Crippen LogP contribution < -0.4 is 5.32 Å². The van der Waals surface area contributed by atoms with Crippen LogP contribution in [0.2, 0.25) is 0 Å². The number of hydrogen-bond donors (Lipinski definition) is 2. The number of carbonyl (C=O) groups is 1. The van der Waals surface area contributed by atoms with E-state index in [2.05, 4.69) is 19.2 Å². The molecular formula is C11H19NO2. The van der Waals surface area contributed by atoms with Crippen molar-refractivity contribution in [3.8, 4) is 0 Å². The summed E-state index contributed by atoms with van der Waals surface area (Å²) in [5.41, 5.74) is 1.03. The quantitative estimate of drug-likeness (QED) is 0.697. The molecule has 1 aliphatic rings. The van der Waals surface area contributed by atoms with E-state index in [4.69, 9.17) is 5.11 Å². The van der Waals surface area contributed by atoms with Crippen LogP contribution in [-0.4, -0.2) is 23.5 Å². The number of rotatable bonds is 5. The molecule has 3 heteroatoms. The summed E-state index contributed by atoms with van der Waals surface area (Å²) in [6.45, 7) is 4.42. The first-order valence-corrected chi connectivity index (χ1v) is 5.24. The molecule has 1 aliphatic carbocycles. The predicted molar refractivity (Wildman–Crippen MR) is 55.8 cm³/mol. The number of hydrogen-bond acceptors (Lipinski definition) is 3. The topological polar surface area (TPSA) is 49.3 Å². The molecule has 0 bridgehead atoms. The number of allylic oxidation sites excluding steroid dienone is 2. The zero-order chi connectivity index (χ0) is 10.6. The molecule has 1 atom stereocenters. The van der Waals surface area contributed by atoms with Crippen LogP contribution in [0.1, 0.15) is 33.1 Å². The Labute approximate surface area is 85.2 Å². The third-order valence-corrected chi connectivity index (χ3v) is 2.59. The Bertz CT molecular complexity index is 233. The lowest BCUT2D eigenvalue weighted by Gasteiger charge is -2.23. The van der Waals surface area contributed by atoms with Crippen molar-refractivity contribution in [3.05, 3.63) is 11.8 Å². The van der Waals surface area contributed by atoms with Gasteiger partial charge in [0.15, 0.2) is 5.78 Å². The first-order chi connectivity index (χ1) is 6.63.